The number of hydrogen-bond donors (Lipinski definition) is 2. The highest BCUT2D eigenvalue weighted by molar-refractivity contribution is 9.10. The maximum Gasteiger partial charge on any atom is 0.229 e. The molecule has 228 valence electrons. The molecular formula is C30H33BrN9O3P. The van der Waals surface area contributed by atoms with E-state index in [9.17, 15) is 4.57 Å². The quantitative estimate of drug-likeness (QED) is 0.200. The predicted octanol–water partition coefficient (Wildman–Crippen LogP) is 5.55. The Labute approximate surface area is 263 Å². The van der Waals surface area contributed by atoms with E-state index in [0.29, 0.717) is 56.3 Å². The molecule has 14 heteroatoms. The maximum atomic E-state index is 13.4. The van der Waals surface area contributed by atoms with Crippen LogP contribution >= 0.6 is 23.1 Å². The van der Waals surface area contributed by atoms with Crippen molar-refractivity contribution in [1.82, 2.24) is 29.7 Å². The van der Waals surface area contributed by atoms with Gasteiger partial charge in [-0.05, 0) is 54.4 Å². The monoisotopic (exact) mass is 677 g/mol. The first-order valence-electron chi connectivity index (χ1n) is 14.0. The third-order valence-corrected chi connectivity index (χ3v) is 9.42. The van der Waals surface area contributed by atoms with Crippen molar-refractivity contribution in [3.8, 4) is 16.9 Å². The van der Waals surface area contributed by atoms with Crippen LogP contribution in [0, 0.1) is 0 Å². The summed E-state index contributed by atoms with van der Waals surface area (Å²) >= 11 is 3.57. The molecule has 3 aromatic heterocycles. The Hall–Kier alpha value is -4.06. The fourth-order valence-electron chi connectivity index (χ4n) is 5.36. The molecule has 0 spiro atoms. The molecule has 6 rings (SSSR count). The number of rotatable bonds is 8. The minimum atomic E-state index is -2.76. The molecule has 1 saturated heterocycles. The largest absolute Gasteiger partial charge is 0.494 e. The van der Waals surface area contributed by atoms with Gasteiger partial charge in [0.15, 0.2) is 0 Å². The SMILES string of the molecule is COc1cc(N2CCOC(C)C2)c(-c2cnn(C)c2)cc1Nc1ncc(Br)c(Nc2ccc3nccnc3c2P(C)(C)=O)n1. The van der Waals surface area contributed by atoms with Gasteiger partial charge in [0.1, 0.15) is 24.2 Å². The fourth-order valence-corrected chi connectivity index (χ4v) is 7.04. The lowest BCUT2D eigenvalue weighted by Gasteiger charge is -2.34. The van der Waals surface area contributed by atoms with Crippen LogP contribution in [0.3, 0.4) is 0 Å². The van der Waals surface area contributed by atoms with Gasteiger partial charge in [0.25, 0.3) is 0 Å². The highest BCUT2D eigenvalue weighted by Crippen LogP contribution is 2.42. The minimum absolute atomic E-state index is 0.112. The van der Waals surface area contributed by atoms with Gasteiger partial charge < -0.3 is 29.6 Å². The summed E-state index contributed by atoms with van der Waals surface area (Å²) in [6, 6.07) is 7.76. The first kappa shape index (κ1) is 30.0. The molecule has 4 heterocycles. The second-order valence-corrected chi connectivity index (χ2v) is 15.0. The number of anilines is 5. The molecule has 0 aliphatic carbocycles. The van der Waals surface area contributed by atoms with Crippen LogP contribution in [0.5, 0.6) is 5.75 Å². The summed E-state index contributed by atoms with van der Waals surface area (Å²) in [7, 11) is 0.782. The van der Waals surface area contributed by atoms with Crippen molar-refractivity contribution in [1.29, 1.82) is 0 Å². The van der Waals surface area contributed by atoms with E-state index in [1.165, 1.54) is 0 Å². The normalized spacial score (nSPS) is 15.4. The van der Waals surface area contributed by atoms with Crippen molar-refractivity contribution in [2.75, 3.05) is 55.7 Å². The van der Waals surface area contributed by atoms with Crippen molar-refractivity contribution in [2.24, 2.45) is 7.05 Å². The number of ether oxygens (including phenoxy) is 2. The van der Waals surface area contributed by atoms with E-state index in [1.807, 2.05) is 43.7 Å². The summed E-state index contributed by atoms with van der Waals surface area (Å²) in [6.07, 6.45) is 8.84. The second-order valence-electron chi connectivity index (χ2n) is 11.0. The number of aryl methyl sites for hydroxylation is 1. The number of hydrogen-bond acceptors (Lipinski definition) is 11. The van der Waals surface area contributed by atoms with Crippen molar-refractivity contribution in [2.45, 2.75) is 13.0 Å². The van der Waals surface area contributed by atoms with Gasteiger partial charge in [0.05, 0.1) is 52.7 Å². The van der Waals surface area contributed by atoms with E-state index in [0.717, 1.165) is 29.9 Å². The molecule has 1 aliphatic heterocycles. The number of methoxy groups -OCH3 is 1. The highest BCUT2D eigenvalue weighted by atomic mass is 79.9. The van der Waals surface area contributed by atoms with E-state index in [1.54, 1.807) is 43.7 Å². The van der Waals surface area contributed by atoms with Crippen LogP contribution in [0.25, 0.3) is 22.2 Å². The summed E-state index contributed by atoms with van der Waals surface area (Å²) in [5, 5.41) is 11.7. The summed E-state index contributed by atoms with van der Waals surface area (Å²) in [5.74, 6) is 1.48. The number of aromatic nitrogens is 6. The van der Waals surface area contributed by atoms with Crippen molar-refractivity contribution < 1.29 is 14.0 Å². The predicted molar refractivity (Wildman–Crippen MR) is 178 cm³/mol. The van der Waals surface area contributed by atoms with Crippen molar-refractivity contribution >= 4 is 68.2 Å². The molecule has 0 radical (unpaired) electrons. The van der Waals surface area contributed by atoms with Crippen LogP contribution < -0.4 is 25.6 Å². The van der Waals surface area contributed by atoms with Gasteiger partial charge in [-0.25, -0.2) is 4.98 Å². The van der Waals surface area contributed by atoms with Crippen molar-refractivity contribution in [3.05, 3.63) is 59.7 Å². The zero-order chi connectivity index (χ0) is 31.0. The van der Waals surface area contributed by atoms with Crippen molar-refractivity contribution in [3.63, 3.8) is 0 Å². The highest BCUT2D eigenvalue weighted by Gasteiger charge is 2.24. The molecule has 1 atom stereocenters. The van der Waals surface area contributed by atoms with E-state index in [4.69, 9.17) is 14.5 Å². The molecule has 12 nitrogen and oxygen atoms in total. The number of nitrogens with one attached hydrogen (secondary N) is 2. The van der Waals surface area contributed by atoms with Gasteiger partial charge in [-0.3, -0.25) is 14.6 Å². The van der Waals surface area contributed by atoms with Gasteiger partial charge in [0.2, 0.25) is 5.95 Å². The molecule has 1 aliphatic rings. The number of morpholine rings is 1. The molecule has 44 heavy (non-hydrogen) atoms. The molecule has 2 N–H and O–H groups in total. The second kappa shape index (κ2) is 12.1. The van der Waals surface area contributed by atoms with Gasteiger partial charge in [-0.1, -0.05) is 0 Å². The Morgan fingerprint density at radius 1 is 1.09 bits per heavy atom. The number of halogens is 1. The molecule has 5 aromatic rings. The maximum absolute atomic E-state index is 13.4. The molecule has 1 fully saturated rings. The Morgan fingerprint density at radius 2 is 1.91 bits per heavy atom. The van der Waals surface area contributed by atoms with Gasteiger partial charge in [0, 0.05) is 67.8 Å². The lowest BCUT2D eigenvalue weighted by molar-refractivity contribution is 0.0532. The van der Waals surface area contributed by atoms with Gasteiger partial charge in [-0.2, -0.15) is 10.1 Å². The van der Waals surface area contributed by atoms with Crippen LogP contribution in [0.15, 0.2) is 59.7 Å². The van der Waals surface area contributed by atoms with E-state index in [-0.39, 0.29) is 6.10 Å². The summed E-state index contributed by atoms with van der Waals surface area (Å²) < 4.78 is 27.5. The third-order valence-electron chi connectivity index (χ3n) is 7.31. The first-order valence-corrected chi connectivity index (χ1v) is 17.4. The smallest absolute Gasteiger partial charge is 0.229 e. The standard InChI is InChI=1S/C30H33BrN9O3P/c1-18-16-40(10-11-43-18)25-13-26(42-3)24(12-20(25)19-14-35-39(2)17-19)37-30-34-15-21(31)29(38-30)36-23-7-6-22-27(33-9-8-32-22)28(23)44(4,5)41/h6-9,12-15,17-18H,10-11,16H2,1-5H3,(H2,34,36,37,38). The van der Waals surface area contributed by atoms with Crippen LogP contribution in [0.1, 0.15) is 6.92 Å². The Balaban J connectivity index is 1.38. The van der Waals surface area contributed by atoms with Gasteiger partial charge >= 0.3 is 0 Å². The lowest BCUT2D eigenvalue weighted by Crippen LogP contribution is -2.41. The molecule has 0 saturated carbocycles. The van der Waals surface area contributed by atoms with Gasteiger partial charge in [-0.15, -0.1) is 0 Å². The zero-order valence-corrected chi connectivity index (χ0v) is 27.6. The van der Waals surface area contributed by atoms with Crippen LogP contribution in [0.2, 0.25) is 0 Å². The Morgan fingerprint density at radius 3 is 2.64 bits per heavy atom. The summed E-state index contributed by atoms with van der Waals surface area (Å²) in [6.45, 7) is 7.69. The number of benzene rings is 2. The van der Waals surface area contributed by atoms with E-state index >= 15 is 0 Å². The average molecular weight is 679 g/mol. The molecular weight excluding hydrogens is 645 g/mol. The summed E-state index contributed by atoms with van der Waals surface area (Å²) in [5.41, 5.74) is 5.60. The van der Waals surface area contributed by atoms with E-state index in [2.05, 4.69) is 58.4 Å². The molecule has 2 aromatic carbocycles. The minimum Gasteiger partial charge on any atom is -0.494 e. The topological polar surface area (TPSA) is 132 Å². The summed E-state index contributed by atoms with van der Waals surface area (Å²) in [4.78, 5) is 20.5. The van der Waals surface area contributed by atoms with Crippen LogP contribution in [-0.2, 0) is 16.3 Å². The average Bonchev–Trinajstić information content (AvgIpc) is 3.43. The fraction of sp³-hybridized carbons (Fsp3) is 0.300. The first-order chi connectivity index (χ1) is 21.1. The van der Waals surface area contributed by atoms with Crippen LogP contribution in [0.4, 0.5) is 28.8 Å². The Bertz CT molecular complexity index is 1890. The molecule has 0 amide bonds. The lowest BCUT2D eigenvalue weighted by atomic mass is 10.0. The molecule has 0 bridgehead atoms. The van der Waals surface area contributed by atoms with Crippen LogP contribution in [-0.4, -0.2) is 76.0 Å². The zero-order valence-electron chi connectivity index (χ0n) is 25.1. The van der Waals surface area contributed by atoms with E-state index < -0.39 is 7.14 Å². The third kappa shape index (κ3) is 6.12. The Kier molecular flexibility index (Phi) is 8.28. The number of fused-ring (bicyclic) bond motifs is 1. The molecule has 1 unspecified atom stereocenters. The number of nitrogens with zero attached hydrogens (tertiary/aromatic N) is 7.